The molecule has 0 fully saturated rings. The number of benzene rings is 1. The Morgan fingerprint density at radius 1 is 1.15 bits per heavy atom. The van der Waals surface area contributed by atoms with Gasteiger partial charge in [-0.05, 0) is 19.4 Å². The minimum Gasteiger partial charge on any atom is -0.228 e. The van der Waals surface area contributed by atoms with Crippen molar-refractivity contribution in [1.29, 1.82) is 0 Å². The first-order valence-corrected chi connectivity index (χ1v) is 5.77. The molecule has 2 nitrogen and oxygen atoms in total. The number of hydrogen-bond acceptors (Lipinski definition) is 2. The van der Waals surface area contributed by atoms with Crippen LogP contribution in [0, 0.1) is 5.75 Å². The summed E-state index contributed by atoms with van der Waals surface area (Å²) in [6.45, 7) is 3.35. The highest BCUT2D eigenvalue weighted by Crippen LogP contribution is 2.12. The molecular formula is C10H13O2S. The Labute approximate surface area is 79.5 Å². The van der Waals surface area contributed by atoms with E-state index in [0.29, 0.717) is 0 Å². The van der Waals surface area contributed by atoms with Crippen molar-refractivity contribution in [3.8, 4) is 0 Å². The Balaban J connectivity index is 2.82. The lowest BCUT2D eigenvalue weighted by atomic mass is 10.2. The van der Waals surface area contributed by atoms with Gasteiger partial charge in [-0.1, -0.05) is 30.3 Å². The molecule has 0 bridgehead atoms. The van der Waals surface area contributed by atoms with Crippen molar-refractivity contribution in [2.45, 2.75) is 19.1 Å². The summed E-state index contributed by atoms with van der Waals surface area (Å²) in [5, 5.41) is -0.354. The van der Waals surface area contributed by atoms with Gasteiger partial charge in [-0.15, -0.1) is 0 Å². The normalized spacial score (nSPS) is 11.9. The number of sulfone groups is 1. The Hall–Kier alpha value is -0.830. The van der Waals surface area contributed by atoms with Gasteiger partial charge in [-0.2, -0.15) is 0 Å². The summed E-state index contributed by atoms with van der Waals surface area (Å²) in [4.78, 5) is 0. The predicted octanol–water partition coefficient (Wildman–Crippen LogP) is 2.02. The summed E-state index contributed by atoms with van der Waals surface area (Å²) >= 11 is 0. The molecule has 13 heavy (non-hydrogen) atoms. The first-order chi connectivity index (χ1) is 6.02. The zero-order valence-electron chi connectivity index (χ0n) is 7.77. The molecule has 1 aromatic carbocycles. The van der Waals surface area contributed by atoms with Gasteiger partial charge in [0.2, 0.25) is 0 Å². The highest BCUT2D eigenvalue weighted by Gasteiger charge is 2.16. The van der Waals surface area contributed by atoms with Crippen LogP contribution in [0.5, 0.6) is 0 Å². The Morgan fingerprint density at radius 3 is 2.15 bits per heavy atom. The van der Waals surface area contributed by atoms with Crippen molar-refractivity contribution < 1.29 is 8.42 Å². The van der Waals surface area contributed by atoms with Crippen molar-refractivity contribution in [2.24, 2.45) is 0 Å². The van der Waals surface area contributed by atoms with E-state index in [9.17, 15) is 8.42 Å². The topological polar surface area (TPSA) is 34.1 Å². The molecule has 1 aromatic rings. The van der Waals surface area contributed by atoms with Gasteiger partial charge < -0.3 is 0 Å². The van der Waals surface area contributed by atoms with E-state index in [2.05, 4.69) is 0 Å². The van der Waals surface area contributed by atoms with E-state index >= 15 is 0 Å². The lowest BCUT2D eigenvalue weighted by Gasteiger charge is -2.06. The summed E-state index contributed by atoms with van der Waals surface area (Å²) in [5.41, 5.74) is 0.733. The Kier molecular flexibility index (Phi) is 3.09. The summed E-state index contributed by atoms with van der Waals surface area (Å²) in [6, 6.07) is 9.06. The quantitative estimate of drug-likeness (QED) is 0.743. The van der Waals surface area contributed by atoms with Crippen LogP contribution in [0.4, 0.5) is 0 Å². The predicted molar refractivity (Wildman–Crippen MR) is 53.9 cm³/mol. The van der Waals surface area contributed by atoms with Crippen LogP contribution in [0.15, 0.2) is 30.3 Å². The lowest BCUT2D eigenvalue weighted by Crippen LogP contribution is -2.14. The first kappa shape index (κ1) is 10.3. The number of hydrogen-bond donors (Lipinski definition) is 0. The third-order valence-corrected chi connectivity index (χ3v) is 3.67. The molecule has 0 saturated carbocycles. The van der Waals surface area contributed by atoms with Crippen LogP contribution < -0.4 is 0 Å². The molecular weight excluding hydrogens is 184 g/mol. The van der Waals surface area contributed by atoms with E-state index in [1.165, 1.54) is 5.75 Å². The molecule has 1 radical (unpaired) electrons. The molecule has 0 unspecified atom stereocenters. The molecule has 0 N–H and O–H groups in total. The molecule has 0 spiro atoms. The van der Waals surface area contributed by atoms with Crippen molar-refractivity contribution in [3.05, 3.63) is 41.6 Å². The second-order valence-corrected chi connectivity index (χ2v) is 5.52. The van der Waals surface area contributed by atoms with Crippen molar-refractivity contribution >= 4 is 9.84 Å². The third kappa shape index (κ3) is 2.84. The van der Waals surface area contributed by atoms with Crippen molar-refractivity contribution in [1.82, 2.24) is 0 Å². The zero-order chi connectivity index (χ0) is 9.90. The smallest absolute Gasteiger partial charge is 0.161 e. The van der Waals surface area contributed by atoms with Crippen LogP contribution in [0.1, 0.15) is 19.4 Å². The van der Waals surface area contributed by atoms with E-state index in [0.717, 1.165) is 5.56 Å². The Bertz CT molecular complexity index is 352. The molecule has 0 aromatic heterocycles. The molecule has 3 heteroatoms. The monoisotopic (exact) mass is 197 g/mol. The largest absolute Gasteiger partial charge is 0.228 e. The van der Waals surface area contributed by atoms with Gasteiger partial charge in [0.25, 0.3) is 0 Å². The SMILES string of the molecule is CC(C)S(=O)(=O)[CH]c1ccccc1. The van der Waals surface area contributed by atoms with Gasteiger partial charge in [-0.25, -0.2) is 8.42 Å². The van der Waals surface area contributed by atoms with Crippen LogP contribution in [0.3, 0.4) is 0 Å². The lowest BCUT2D eigenvalue weighted by molar-refractivity contribution is 0.594. The second kappa shape index (κ2) is 3.92. The summed E-state index contributed by atoms with van der Waals surface area (Å²) in [7, 11) is -3.08. The second-order valence-electron chi connectivity index (χ2n) is 3.17. The summed E-state index contributed by atoms with van der Waals surface area (Å²) in [5.74, 6) is 1.32. The van der Waals surface area contributed by atoms with Crippen LogP contribution in [0.25, 0.3) is 0 Å². The molecule has 0 saturated heterocycles. The molecule has 71 valence electrons. The maximum atomic E-state index is 11.4. The van der Waals surface area contributed by atoms with Gasteiger partial charge in [-0.3, -0.25) is 0 Å². The fraction of sp³-hybridized carbons (Fsp3) is 0.300. The average molecular weight is 197 g/mol. The number of rotatable bonds is 3. The van der Waals surface area contributed by atoms with Crippen LogP contribution >= 0.6 is 0 Å². The fourth-order valence-corrected chi connectivity index (χ4v) is 1.67. The third-order valence-electron chi connectivity index (χ3n) is 1.76. The van der Waals surface area contributed by atoms with E-state index < -0.39 is 9.84 Å². The van der Waals surface area contributed by atoms with E-state index in [1.807, 2.05) is 18.2 Å². The maximum Gasteiger partial charge on any atom is 0.161 e. The van der Waals surface area contributed by atoms with Gasteiger partial charge >= 0.3 is 0 Å². The van der Waals surface area contributed by atoms with Crippen LogP contribution in [0.2, 0.25) is 0 Å². The molecule has 0 heterocycles. The zero-order valence-corrected chi connectivity index (χ0v) is 8.58. The molecule has 0 aliphatic rings. The van der Waals surface area contributed by atoms with Gasteiger partial charge in [0.15, 0.2) is 9.84 Å². The highest BCUT2D eigenvalue weighted by molar-refractivity contribution is 7.94. The first-order valence-electron chi connectivity index (χ1n) is 4.16. The fourth-order valence-electron chi connectivity index (χ4n) is 0.857. The van der Waals surface area contributed by atoms with E-state index in [-0.39, 0.29) is 5.25 Å². The van der Waals surface area contributed by atoms with E-state index in [1.54, 1.807) is 26.0 Å². The maximum absolute atomic E-state index is 11.4. The summed E-state index contributed by atoms with van der Waals surface area (Å²) < 4.78 is 22.9. The average Bonchev–Trinajstić information content (AvgIpc) is 2.05. The van der Waals surface area contributed by atoms with Crippen molar-refractivity contribution in [3.63, 3.8) is 0 Å². The van der Waals surface area contributed by atoms with Gasteiger partial charge in [0.1, 0.15) is 5.75 Å². The van der Waals surface area contributed by atoms with Crippen LogP contribution in [-0.4, -0.2) is 13.7 Å². The minimum absolute atomic E-state index is 0.354. The minimum atomic E-state index is -3.08. The van der Waals surface area contributed by atoms with Crippen molar-refractivity contribution in [2.75, 3.05) is 0 Å². The highest BCUT2D eigenvalue weighted by atomic mass is 32.2. The molecule has 0 amide bonds. The standard InChI is InChI=1S/C10H13O2S/c1-9(2)13(11,12)8-10-6-4-3-5-7-10/h3-9H,1-2H3. The van der Waals surface area contributed by atoms with Gasteiger partial charge in [0, 0.05) is 0 Å². The van der Waals surface area contributed by atoms with E-state index in [4.69, 9.17) is 0 Å². The van der Waals surface area contributed by atoms with Gasteiger partial charge in [0.05, 0.1) is 5.25 Å². The molecule has 0 aliphatic carbocycles. The molecule has 0 atom stereocenters. The molecule has 0 aliphatic heterocycles. The Morgan fingerprint density at radius 2 is 1.69 bits per heavy atom. The van der Waals surface area contributed by atoms with Crippen LogP contribution in [-0.2, 0) is 9.84 Å². The molecule has 1 rings (SSSR count). The summed E-state index contributed by atoms with van der Waals surface area (Å²) in [6.07, 6.45) is 0.